The number of carboxylic acids is 1. The first-order chi connectivity index (χ1) is 8.93. The SMILES string of the molecule is COc1cc(O)cc(C)c1-c1cc(C)c(C(=O)O)o1. The molecule has 0 unspecified atom stereocenters. The van der Waals surface area contributed by atoms with Crippen molar-refractivity contribution in [2.75, 3.05) is 7.11 Å². The van der Waals surface area contributed by atoms with Gasteiger partial charge in [0.25, 0.3) is 0 Å². The molecule has 1 aromatic carbocycles. The van der Waals surface area contributed by atoms with Crippen LogP contribution in [0, 0.1) is 13.8 Å². The summed E-state index contributed by atoms with van der Waals surface area (Å²) in [5.41, 5.74) is 1.91. The molecule has 0 fully saturated rings. The largest absolute Gasteiger partial charge is 0.508 e. The topological polar surface area (TPSA) is 79.9 Å². The zero-order valence-corrected chi connectivity index (χ0v) is 10.9. The Morgan fingerprint density at radius 1 is 1.21 bits per heavy atom. The van der Waals surface area contributed by atoms with Crippen LogP contribution in [0.1, 0.15) is 21.7 Å². The number of benzene rings is 1. The molecule has 5 nitrogen and oxygen atoms in total. The second-order valence-corrected chi connectivity index (χ2v) is 4.27. The summed E-state index contributed by atoms with van der Waals surface area (Å²) in [5, 5.41) is 18.5. The van der Waals surface area contributed by atoms with E-state index in [1.165, 1.54) is 13.2 Å². The third kappa shape index (κ3) is 2.27. The average Bonchev–Trinajstić information content (AvgIpc) is 2.69. The average molecular weight is 262 g/mol. The van der Waals surface area contributed by atoms with Crippen LogP contribution in [0.5, 0.6) is 11.5 Å². The standard InChI is InChI=1S/C14H14O5/c1-7-4-9(15)6-10(18-3)12(7)11-5-8(2)13(19-11)14(16)17/h4-6,15H,1-3H3,(H,16,17). The lowest BCUT2D eigenvalue weighted by molar-refractivity contribution is 0.0662. The Hall–Kier alpha value is -2.43. The lowest BCUT2D eigenvalue weighted by atomic mass is 10.0. The molecule has 0 saturated carbocycles. The van der Waals surface area contributed by atoms with Gasteiger partial charge in [0, 0.05) is 11.6 Å². The summed E-state index contributed by atoms with van der Waals surface area (Å²) in [7, 11) is 1.48. The summed E-state index contributed by atoms with van der Waals surface area (Å²) in [6.07, 6.45) is 0. The molecule has 1 heterocycles. The van der Waals surface area contributed by atoms with Crippen LogP contribution in [-0.2, 0) is 0 Å². The van der Waals surface area contributed by atoms with Crippen molar-refractivity contribution >= 4 is 5.97 Å². The Labute approximate surface area is 110 Å². The number of hydrogen-bond acceptors (Lipinski definition) is 4. The second-order valence-electron chi connectivity index (χ2n) is 4.27. The maximum absolute atomic E-state index is 11.0. The van der Waals surface area contributed by atoms with Crippen LogP contribution < -0.4 is 4.74 Å². The number of aryl methyl sites for hydroxylation is 2. The minimum absolute atomic E-state index is 0.0832. The number of hydrogen-bond donors (Lipinski definition) is 2. The molecular weight excluding hydrogens is 248 g/mol. The van der Waals surface area contributed by atoms with Crippen LogP contribution in [0.3, 0.4) is 0 Å². The number of rotatable bonds is 3. The van der Waals surface area contributed by atoms with Crippen LogP contribution in [0.4, 0.5) is 0 Å². The van der Waals surface area contributed by atoms with E-state index in [0.717, 1.165) is 5.56 Å². The number of carboxylic acid groups (broad SMARTS) is 1. The van der Waals surface area contributed by atoms with Gasteiger partial charge in [0.15, 0.2) is 0 Å². The van der Waals surface area contributed by atoms with Crippen molar-refractivity contribution in [3.63, 3.8) is 0 Å². The molecule has 2 rings (SSSR count). The molecular formula is C14H14O5. The first-order valence-electron chi connectivity index (χ1n) is 5.65. The molecule has 1 aromatic heterocycles. The minimum Gasteiger partial charge on any atom is -0.508 e. The maximum Gasteiger partial charge on any atom is 0.372 e. The van der Waals surface area contributed by atoms with Gasteiger partial charge in [0.2, 0.25) is 5.76 Å². The molecule has 0 aliphatic carbocycles. The molecule has 2 N–H and O–H groups in total. The van der Waals surface area contributed by atoms with Gasteiger partial charge in [-0.1, -0.05) is 0 Å². The third-order valence-electron chi connectivity index (χ3n) is 2.86. The highest BCUT2D eigenvalue weighted by Crippen LogP contribution is 2.38. The summed E-state index contributed by atoms with van der Waals surface area (Å²) in [5.74, 6) is -0.282. The molecule has 0 spiro atoms. The molecule has 19 heavy (non-hydrogen) atoms. The Bertz CT molecular complexity index is 640. The maximum atomic E-state index is 11.0. The van der Waals surface area contributed by atoms with Gasteiger partial charge < -0.3 is 19.4 Å². The predicted octanol–water partition coefficient (Wildman–Crippen LogP) is 2.98. The van der Waals surface area contributed by atoms with Gasteiger partial charge in [-0.05, 0) is 31.5 Å². The van der Waals surface area contributed by atoms with Gasteiger partial charge in [-0.15, -0.1) is 0 Å². The van der Waals surface area contributed by atoms with Gasteiger partial charge in [-0.2, -0.15) is 0 Å². The van der Waals surface area contributed by atoms with Gasteiger partial charge in [0.05, 0.1) is 12.7 Å². The van der Waals surface area contributed by atoms with E-state index in [2.05, 4.69) is 0 Å². The van der Waals surface area contributed by atoms with Crippen molar-refractivity contribution in [3.05, 3.63) is 35.1 Å². The van der Waals surface area contributed by atoms with Gasteiger partial charge >= 0.3 is 5.97 Å². The molecule has 0 aliphatic rings. The van der Waals surface area contributed by atoms with E-state index in [1.54, 1.807) is 26.0 Å². The number of aromatic carboxylic acids is 1. The zero-order valence-electron chi connectivity index (χ0n) is 10.9. The summed E-state index contributed by atoms with van der Waals surface area (Å²) >= 11 is 0. The van der Waals surface area contributed by atoms with Gasteiger partial charge in [0.1, 0.15) is 17.3 Å². The highest BCUT2D eigenvalue weighted by Gasteiger charge is 2.19. The minimum atomic E-state index is -1.11. The quantitative estimate of drug-likeness (QED) is 0.888. The summed E-state index contributed by atoms with van der Waals surface area (Å²) in [6.45, 7) is 3.45. The number of carbonyl (C=O) groups is 1. The van der Waals surface area contributed by atoms with Crippen LogP contribution in [0.25, 0.3) is 11.3 Å². The highest BCUT2D eigenvalue weighted by molar-refractivity contribution is 5.87. The molecule has 0 amide bonds. The number of furan rings is 1. The van der Waals surface area contributed by atoms with E-state index in [0.29, 0.717) is 22.6 Å². The van der Waals surface area contributed by atoms with Crippen LogP contribution in [0.2, 0.25) is 0 Å². The number of phenols is 1. The number of aromatic hydroxyl groups is 1. The molecule has 100 valence electrons. The Kier molecular flexibility index (Phi) is 3.21. The number of phenolic OH excluding ortho intramolecular Hbond substituents is 1. The summed E-state index contributed by atoms with van der Waals surface area (Å²) in [4.78, 5) is 11.0. The van der Waals surface area contributed by atoms with Crippen molar-refractivity contribution in [3.8, 4) is 22.8 Å². The first-order valence-corrected chi connectivity index (χ1v) is 5.65. The first kappa shape index (κ1) is 13.0. The van der Waals surface area contributed by atoms with Crippen molar-refractivity contribution in [2.45, 2.75) is 13.8 Å². The zero-order chi connectivity index (χ0) is 14.2. The lowest BCUT2D eigenvalue weighted by Crippen LogP contribution is -1.95. The Balaban J connectivity index is 2.65. The van der Waals surface area contributed by atoms with E-state index in [9.17, 15) is 9.90 Å². The van der Waals surface area contributed by atoms with E-state index >= 15 is 0 Å². The highest BCUT2D eigenvalue weighted by atomic mass is 16.5. The fourth-order valence-electron chi connectivity index (χ4n) is 2.03. The lowest BCUT2D eigenvalue weighted by Gasteiger charge is -2.10. The van der Waals surface area contributed by atoms with E-state index in [4.69, 9.17) is 14.3 Å². The number of methoxy groups -OCH3 is 1. The smallest absolute Gasteiger partial charge is 0.372 e. The molecule has 2 aromatic rings. The second kappa shape index (κ2) is 4.68. The van der Waals surface area contributed by atoms with Crippen molar-refractivity contribution in [2.24, 2.45) is 0 Å². The van der Waals surface area contributed by atoms with Crippen LogP contribution >= 0.6 is 0 Å². The molecule has 0 radical (unpaired) electrons. The third-order valence-corrected chi connectivity index (χ3v) is 2.86. The van der Waals surface area contributed by atoms with Crippen molar-refractivity contribution in [1.82, 2.24) is 0 Å². The fourth-order valence-corrected chi connectivity index (χ4v) is 2.03. The summed E-state index contributed by atoms with van der Waals surface area (Å²) in [6, 6.07) is 4.67. The molecule has 0 bridgehead atoms. The van der Waals surface area contributed by atoms with E-state index in [-0.39, 0.29) is 11.5 Å². The van der Waals surface area contributed by atoms with Crippen molar-refractivity contribution < 1.29 is 24.2 Å². The van der Waals surface area contributed by atoms with Gasteiger partial charge in [-0.25, -0.2) is 4.79 Å². The molecule has 5 heteroatoms. The Morgan fingerprint density at radius 2 is 1.89 bits per heavy atom. The van der Waals surface area contributed by atoms with Gasteiger partial charge in [-0.3, -0.25) is 0 Å². The van der Waals surface area contributed by atoms with Crippen LogP contribution in [-0.4, -0.2) is 23.3 Å². The Morgan fingerprint density at radius 3 is 2.42 bits per heavy atom. The number of ether oxygens (including phenoxy) is 1. The molecule has 0 atom stereocenters. The van der Waals surface area contributed by atoms with Crippen LogP contribution in [0.15, 0.2) is 22.6 Å². The molecule has 0 saturated heterocycles. The summed E-state index contributed by atoms with van der Waals surface area (Å²) < 4.78 is 10.6. The molecule has 0 aliphatic heterocycles. The predicted molar refractivity (Wildman–Crippen MR) is 68.8 cm³/mol. The monoisotopic (exact) mass is 262 g/mol. The fraction of sp³-hybridized carbons (Fsp3) is 0.214. The van der Waals surface area contributed by atoms with E-state index < -0.39 is 5.97 Å². The van der Waals surface area contributed by atoms with E-state index in [1.807, 2.05) is 0 Å². The normalized spacial score (nSPS) is 10.5. The van der Waals surface area contributed by atoms with Crippen molar-refractivity contribution in [1.29, 1.82) is 0 Å².